The number of aliphatic hydroxyl groups excluding tert-OH is 1. The summed E-state index contributed by atoms with van der Waals surface area (Å²) in [6, 6.07) is 9.28. The van der Waals surface area contributed by atoms with Crippen molar-refractivity contribution in [2.75, 3.05) is 27.2 Å². The van der Waals surface area contributed by atoms with Crippen LogP contribution in [0.25, 0.3) is 0 Å². The summed E-state index contributed by atoms with van der Waals surface area (Å²) in [5.74, 6) is -5.44. The molecule has 3 aromatic rings. The Morgan fingerprint density at radius 2 is 1.79 bits per heavy atom. The number of aliphatic hydroxyl groups is 2. The van der Waals surface area contributed by atoms with Crippen molar-refractivity contribution in [3.63, 3.8) is 0 Å². The molecule has 204 valence electrons. The van der Waals surface area contributed by atoms with Crippen LogP contribution in [-0.4, -0.2) is 74.6 Å². The fourth-order valence-electron chi connectivity index (χ4n) is 6.10. The molecule has 0 aliphatic heterocycles. The van der Waals surface area contributed by atoms with E-state index in [1.807, 2.05) is 31.1 Å². The molecule has 2 N–H and O–H groups in total. The zero-order chi connectivity index (χ0) is 27.3. The van der Waals surface area contributed by atoms with E-state index in [1.165, 1.54) is 0 Å². The van der Waals surface area contributed by atoms with Crippen molar-refractivity contribution in [3.05, 3.63) is 71.6 Å². The van der Waals surface area contributed by atoms with Crippen LogP contribution in [0.1, 0.15) is 30.4 Å². The molecular formula is C26H29F4N5O3. The Bertz CT molecular complexity index is 1270. The largest absolute Gasteiger partial charge is 0.491 e. The Morgan fingerprint density at radius 1 is 1.11 bits per heavy atom. The van der Waals surface area contributed by atoms with E-state index in [0.29, 0.717) is 18.4 Å². The quantitative estimate of drug-likeness (QED) is 0.365. The van der Waals surface area contributed by atoms with Gasteiger partial charge in [0.15, 0.2) is 5.60 Å². The van der Waals surface area contributed by atoms with Crippen molar-refractivity contribution in [2.24, 2.45) is 5.41 Å². The first-order chi connectivity index (χ1) is 17.9. The van der Waals surface area contributed by atoms with Crippen LogP contribution in [0.4, 0.5) is 17.6 Å². The number of likely N-dealkylation sites (N-methyl/N-ethyl adjacent to an activating group) is 1. The average Bonchev–Trinajstić information content (AvgIpc) is 3.28. The van der Waals surface area contributed by atoms with Gasteiger partial charge in [-0.25, -0.2) is 22.2 Å². The summed E-state index contributed by atoms with van der Waals surface area (Å²) in [6.07, 6.45) is 0.678. The number of hydrogen-bond donors (Lipinski definition) is 2. The first kappa shape index (κ1) is 26.5. The second-order valence-electron chi connectivity index (χ2n) is 10.9. The maximum atomic E-state index is 16.3. The molecule has 8 nitrogen and oxygen atoms in total. The zero-order valence-corrected chi connectivity index (χ0v) is 21.0. The molecule has 1 aromatic heterocycles. The average molecular weight is 536 g/mol. The minimum absolute atomic E-state index is 0.0927. The number of rotatable bonds is 11. The van der Waals surface area contributed by atoms with Gasteiger partial charge in [0.2, 0.25) is 0 Å². The molecule has 3 aliphatic rings. The molecule has 38 heavy (non-hydrogen) atoms. The second kappa shape index (κ2) is 9.28. The summed E-state index contributed by atoms with van der Waals surface area (Å²) in [5.41, 5.74) is -4.91. The molecule has 3 saturated carbocycles. The Morgan fingerprint density at radius 3 is 2.37 bits per heavy atom. The minimum atomic E-state index is -3.78. The van der Waals surface area contributed by atoms with Crippen LogP contribution in [0.5, 0.6) is 5.75 Å². The monoisotopic (exact) mass is 535 g/mol. The van der Waals surface area contributed by atoms with Crippen molar-refractivity contribution in [1.82, 2.24) is 25.1 Å². The predicted octanol–water partition coefficient (Wildman–Crippen LogP) is 2.90. The van der Waals surface area contributed by atoms with E-state index in [1.54, 1.807) is 12.1 Å². The molecule has 6 rings (SSSR count). The van der Waals surface area contributed by atoms with Gasteiger partial charge in [-0.3, -0.25) is 0 Å². The predicted molar refractivity (Wildman–Crippen MR) is 127 cm³/mol. The van der Waals surface area contributed by atoms with Crippen molar-refractivity contribution in [3.8, 4) is 5.75 Å². The number of nitrogens with zero attached hydrogens (tertiary/aromatic N) is 5. The highest BCUT2D eigenvalue weighted by atomic mass is 19.3. The molecule has 0 amide bonds. The van der Waals surface area contributed by atoms with E-state index in [-0.39, 0.29) is 25.9 Å². The van der Waals surface area contributed by atoms with E-state index >= 15 is 8.78 Å². The smallest absolute Gasteiger partial charge is 0.287 e. The first-order valence-corrected chi connectivity index (χ1v) is 12.2. The molecule has 3 aliphatic carbocycles. The van der Waals surface area contributed by atoms with Gasteiger partial charge in [0, 0.05) is 23.6 Å². The van der Waals surface area contributed by atoms with Crippen LogP contribution in [0.15, 0.2) is 48.8 Å². The van der Waals surface area contributed by atoms with Gasteiger partial charge in [-0.05, 0) is 79.0 Å². The molecule has 1 heterocycles. The van der Waals surface area contributed by atoms with Crippen LogP contribution in [-0.2, 0) is 17.6 Å². The van der Waals surface area contributed by atoms with Gasteiger partial charge >= 0.3 is 0 Å². The van der Waals surface area contributed by atoms with Crippen molar-refractivity contribution < 1.29 is 32.5 Å². The van der Waals surface area contributed by atoms with Gasteiger partial charge in [-0.2, -0.15) is 0 Å². The van der Waals surface area contributed by atoms with Gasteiger partial charge in [0.25, 0.3) is 5.92 Å². The molecule has 0 radical (unpaired) electrons. The normalized spacial score (nSPS) is 24.9. The maximum Gasteiger partial charge on any atom is 0.287 e. The number of alkyl halides is 2. The lowest BCUT2D eigenvalue weighted by molar-refractivity contribution is -0.347. The highest BCUT2D eigenvalue weighted by molar-refractivity contribution is 5.44. The number of tetrazole rings is 1. The van der Waals surface area contributed by atoms with Crippen molar-refractivity contribution in [2.45, 2.75) is 48.8 Å². The molecule has 12 heteroatoms. The van der Waals surface area contributed by atoms with Crippen molar-refractivity contribution in [1.29, 1.82) is 0 Å². The van der Waals surface area contributed by atoms with Gasteiger partial charge in [-0.15, -0.1) is 5.10 Å². The standard InChI is InChI=1S/C26H29F4N5O3/c1-34(2)10-19(36)11-38-20-6-3-17(4-7-20)23-12-24(13-23,14-23)26(29,30)25(37,15-35-16-31-32-33-35)21-8-5-18(27)9-22(21)28/h3-9,16,19,36-37H,10-15H2,1-2H3/t19-,23?,24?,25-/m0/s1. The Kier molecular flexibility index (Phi) is 6.48. The van der Waals surface area contributed by atoms with E-state index < -0.39 is 52.2 Å². The summed E-state index contributed by atoms with van der Waals surface area (Å²) in [5, 5.41) is 31.8. The van der Waals surface area contributed by atoms with E-state index in [0.717, 1.165) is 28.7 Å². The lowest BCUT2D eigenvalue weighted by Crippen LogP contribution is -2.76. The van der Waals surface area contributed by atoms with E-state index in [4.69, 9.17) is 4.74 Å². The lowest BCUT2D eigenvalue weighted by Gasteiger charge is -2.74. The third-order valence-electron chi connectivity index (χ3n) is 7.86. The number of hydrogen-bond acceptors (Lipinski definition) is 7. The highest BCUT2D eigenvalue weighted by Crippen LogP contribution is 2.80. The minimum Gasteiger partial charge on any atom is -0.491 e. The third kappa shape index (κ3) is 4.24. The van der Waals surface area contributed by atoms with Crippen LogP contribution < -0.4 is 4.74 Å². The molecule has 0 saturated heterocycles. The Hall–Kier alpha value is -3.09. The molecule has 0 unspecified atom stereocenters. The van der Waals surface area contributed by atoms with Gasteiger partial charge < -0.3 is 19.8 Å². The van der Waals surface area contributed by atoms with Crippen molar-refractivity contribution >= 4 is 0 Å². The molecule has 0 spiro atoms. The topological polar surface area (TPSA) is 96.5 Å². The van der Waals surface area contributed by atoms with E-state index in [2.05, 4.69) is 15.5 Å². The van der Waals surface area contributed by atoms with Crippen LogP contribution in [0.3, 0.4) is 0 Å². The fraction of sp³-hybridized carbons (Fsp3) is 0.500. The summed E-state index contributed by atoms with van der Waals surface area (Å²) >= 11 is 0. The summed E-state index contributed by atoms with van der Waals surface area (Å²) in [6.45, 7) is -0.229. The SMILES string of the molecule is CN(C)C[C@H](O)COc1ccc(C23CC(C(F)(F)[C@](O)(Cn4cnnn4)c4ccc(F)cc4F)(C2)C3)cc1. The summed E-state index contributed by atoms with van der Waals surface area (Å²) < 4.78 is 67.4. The number of halogens is 4. The molecule has 2 bridgehead atoms. The van der Waals surface area contributed by atoms with Crippen LogP contribution in [0.2, 0.25) is 0 Å². The van der Waals surface area contributed by atoms with Gasteiger partial charge in [-0.1, -0.05) is 12.1 Å². The number of ether oxygens (including phenoxy) is 1. The third-order valence-corrected chi connectivity index (χ3v) is 7.86. The number of aromatic nitrogens is 4. The molecule has 2 aromatic carbocycles. The first-order valence-electron chi connectivity index (χ1n) is 12.2. The molecule has 3 fully saturated rings. The Labute approximate surface area is 216 Å². The lowest BCUT2D eigenvalue weighted by atomic mass is 9.30. The molecular weight excluding hydrogens is 506 g/mol. The zero-order valence-electron chi connectivity index (χ0n) is 21.0. The second-order valence-corrected chi connectivity index (χ2v) is 10.9. The van der Waals surface area contributed by atoms with Gasteiger partial charge in [0.05, 0.1) is 6.54 Å². The van der Waals surface area contributed by atoms with E-state index in [9.17, 15) is 19.0 Å². The van der Waals surface area contributed by atoms with Crippen LogP contribution >= 0.6 is 0 Å². The van der Waals surface area contributed by atoms with Crippen LogP contribution in [0, 0.1) is 17.0 Å². The fourth-order valence-corrected chi connectivity index (χ4v) is 6.10. The van der Waals surface area contributed by atoms with Gasteiger partial charge in [0.1, 0.15) is 36.4 Å². The number of benzene rings is 2. The maximum absolute atomic E-state index is 16.3. The summed E-state index contributed by atoms with van der Waals surface area (Å²) in [4.78, 5) is 1.85. The molecule has 2 atom stereocenters. The Balaban J connectivity index is 1.33. The highest BCUT2D eigenvalue weighted by Gasteiger charge is 2.82. The summed E-state index contributed by atoms with van der Waals surface area (Å²) in [7, 11) is 3.70.